The first-order valence-electron chi connectivity index (χ1n) is 5.40. The molecule has 0 heterocycles. The van der Waals surface area contributed by atoms with Gasteiger partial charge in [0.2, 0.25) is 0 Å². The van der Waals surface area contributed by atoms with Gasteiger partial charge in [-0.1, -0.05) is 18.7 Å². The molecule has 0 aliphatic heterocycles. The molecule has 3 nitrogen and oxygen atoms in total. The highest BCUT2D eigenvalue weighted by Crippen LogP contribution is 2.18. The summed E-state index contributed by atoms with van der Waals surface area (Å²) in [7, 11) is 1.71. The van der Waals surface area contributed by atoms with Crippen molar-refractivity contribution in [1.82, 2.24) is 5.32 Å². The summed E-state index contributed by atoms with van der Waals surface area (Å²) in [5.41, 5.74) is 8.77. The van der Waals surface area contributed by atoms with Crippen LogP contribution >= 0.6 is 0 Å². The van der Waals surface area contributed by atoms with Crippen LogP contribution < -0.4 is 11.1 Å². The monoisotopic (exact) mass is 217 g/mol. The Kier molecular flexibility index (Phi) is 4.58. The second kappa shape index (κ2) is 5.95. The standard InChI is InChI=1S/C13H19N3/c1-4-7-10(2)16-12-9-6-5-8-11(12)13(14)15-3/h4,6-7,9,16H,2,5,8H2,1,3H3,(H2,14,15)/b7-4+. The Labute approximate surface area is 97.1 Å². The van der Waals surface area contributed by atoms with Gasteiger partial charge in [0.15, 0.2) is 0 Å². The summed E-state index contributed by atoms with van der Waals surface area (Å²) < 4.78 is 0. The Morgan fingerprint density at radius 1 is 1.62 bits per heavy atom. The first-order chi connectivity index (χ1) is 7.69. The third-order valence-corrected chi connectivity index (χ3v) is 2.38. The molecule has 0 unspecified atom stereocenters. The van der Waals surface area contributed by atoms with E-state index in [2.05, 4.69) is 23.0 Å². The molecule has 0 aromatic carbocycles. The number of hydrogen-bond donors (Lipinski definition) is 2. The molecule has 0 aromatic heterocycles. The van der Waals surface area contributed by atoms with E-state index in [1.165, 1.54) is 0 Å². The largest absolute Gasteiger partial charge is 0.384 e. The number of allylic oxidation sites excluding steroid dienone is 4. The molecular weight excluding hydrogens is 198 g/mol. The van der Waals surface area contributed by atoms with E-state index in [9.17, 15) is 0 Å². The molecule has 0 atom stereocenters. The van der Waals surface area contributed by atoms with Crippen LogP contribution in [0.2, 0.25) is 0 Å². The van der Waals surface area contributed by atoms with Crippen molar-refractivity contribution in [2.45, 2.75) is 19.8 Å². The van der Waals surface area contributed by atoms with Crippen LogP contribution in [-0.2, 0) is 0 Å². The van der Waals surface area contributed by atoms with Crippen LogP contribution in [0, 0.1) is 0 Å². The number of hydrogen-bond acceptors (Lipinski definition) is 2. The lowest BCUT2D eigenvalue weighted by molar-refractivity contribution is 0.920. The van der Waals surface area contributed by atoms with E-state index in [0.717, 1.165) is 29.8 Å². The first kappa shape index (κ1) is 12.3. The number of amidine groups is 1. The average molecular weight is 217 g/mol. The van der Waals surface area contributed by atoms with Crippen molar-refractivity contribution in [2.75, 3.05) is 7.05 Å². The van der Waals surface area contributed by atoms with E-state index in [1.807, 2.05) is 25.2 Å². The van der Waals surface area contributed by atoms with Gasteiger partial charge in [0.1, 0.15) is 5.84 Å². The molecule has 0 spiro atoms. The fourth-order valence-electron chi connectivity index (χ4n) is 1.60. The first-order valence-corrected chi connectivity index (χ1v) is 5.40. The van der Waals surface area contributed by atoms with Gasteiger partial charge in [-0.05, 0) is 31.9 Å². The smallest absolute Gasteiger partial charge is 0.123 e. The fraction of sp³-hybridized carbons (Fsp3) is 0.308. The van der Waals surface area contributed by atoms with Gasteiger partial charge < -0.3 is 11.1 Å². The fourth-order valence-corrected chi connectivity index (χ4v) is 1.60. The van der Waals surface area contributed by atoms with Gasteiger partial charge >= 0.3 is 0 Å². The van der Waals surface area contributed by atoms with Crippen molar-refractivity contribution in [2.24, 2.45) is 10.7 Å². The Bertz CT molecular complexity index is 384. The summed E-state index contributed by atoms with van der Waals surface area (Å²) in [6.45, 7) is 5.87. The molecule has 3 N–H and O–H groups in total. The molecule has 86 valence electrons. The van der Waals surface area contributed by atoms with Gasteiger partial charge in [-0.15, -0.1) is 0 Å². The van der Waals surface area contributed by atoms with Crippen molar-refractivity contribution >= 4 is 5.84 Å². The molecule has 0 aromatic rings. The summed E-state index contributed by atoms with van der Waals surface area (Å²) in [5, 5.41) is 3.24. The van der Waals surface area contributed by atoms with Crippen LogP contribution in [0.15, 0.2) is 52.8 Å². The minimum atomic E-state index is 0.597. The van der Waals surface area contributed by atoms with Gasteiger partial charge in [-0.3, -0.25) is 4.99 Å². The zero-order valence-electron chi connectivity index (χ0n) is 9.96. The summed E-state index contributed by atoms with van der Waals surface area (Å²) in [6, 6.07) is 0. The lowest BCUT2D eigenvalue weighted by Gasteiger charge is -2.17. The van der Waals surface area contributed by atoms with Gasteiger partial charge in [0.05, 0.1) is 0 Å². The van der Waals surface area contributed by atoms with Crippen molar-refractivity contribution in [1.29, 1.82) is 0 Å². The van der Waals surface area contributed by atoms with Crippen LogP contribution in [0.5, 0.6) is 0 Å². The second-order valence-corrected chi connectivity index (χ2v) is 3.59. The topological polar surface area (TPSA) is 50.4 Å². The molecule has 1 aliphatic carbocycles. The van der Waals surface area contributed by atoms with Gasteiger partial charge in [-0.2, -0.15) is 0 Å². The molecule has 0 saturated carbocycles. The van der Waals surface area contributed by atoms with Crippen LogP contribution in [-0.4, -0.2) is 12.9 Å². The molecule has 0 radical (unpaired) electrons. The van der Waals surface area contributed by atoms with Gasteiger partial charge in [0.25, 0.3) is 0 Å². The summed E-state index contributed by atoms with van der Waals surface area (Å²) in [6.07, 6.45) is 9.95. The van der Waals surface area contributed by atoms with Crippen molar-refractivity contribution < 1.29 is 0 Å². The number of aliphatic imine (C=N–C) groups is 1. The van der Waals surface area contributed by atoms with Crippen molar-refractivity contribution in [3.05, 3.63) is 47.9 Å². The normalized spacial score (nSPS) is 17.0. The molecule has 16 heavy (non-hydrogen) atoms. The van der Waals surface area contributed by atoms with Crippen molar-refractivity contribution in [3.8, 4) is 0 Å². The molecule has 0 bridgehead atoms. The molecule has 0 amide bonds. The number of nitrogens with two attached hydrogens (primary N) is 1. The Morgan fingerprint density at radius 3 is 3.00 bits per heavy atom. The van der Waals surface area contributed by atoms with Gasteiger partial charge in [0, 0.05) is 24.0 Å². The average Bonchev–Trinajstić information content (AvgIpc) is 2.29. The Hall–Kier alpha value is -1.77. The maximum absolute atomic E-state index is 5.86. The van der Waals surface area contributed by atoms with Crippen LogP contribution in [0.3, 0.4) is 0 Å². The summed E-state index contributed by atoms with van der Waals surface area (Å²) in [5.74, 6) is 0.597. The highest BCUT2D eigenvalue weighted by atomic mass is 14.9. The van der Waals surface area contributed by atoms with E-state index in [-0.39, 0.29) is 0 Å². The Balaban J connectivity index is 2.92. The highest BCUT2D eigenvalue weighted by Gasteiger charge is 2.11. The minimum Gasteiger partial charge on any atom is -0.384 e. The predicted octanol–water partition coefficient (Wildman–Crippen LogP) is 2.26. The number of nitrogens with zero attached hydrogens (tertiary/aromatic N) is 1. The van der Waals surface area contributed by atoms with Crippen molar-refractivity contribution in [3.63, 3.8) is 0 Å². The maximum Gasteiger partial charge on any atom is 0.123 e. The minimum absolute atomic E-state index is 0.597. The third-order valence-electron chi connectivity index (χ3n) is 2.38. The molecule has 0 saturated heterocycles. The Morgan fingerprint density at radius 2 is 2.38 bits per heavy atom. The van der Waals surface area contributed by atoms with Crippen LogP contribution in [0.4, 0.5) is 0 Å². The van der Waals surface area contributed by atoms with E-state index in [1.54, 1.807) is 7.05 Å². The second-order valence-electron chi connectivity index (χ2n) is 3.59. The number of nitrogens with one attached hydrogen (secondary N) is 1. The van der Waals surface area contributed by atoms with E-state index in [4.69, 9.17) is 5.73 Å². The molecular formula is C13H19N3. The summed E-state index contributed by atoms with van der Waals surface area (Å²) >= 11 is 0. The summed E-state index contributed by atoms with van der Waals surface area (Å²) in [4.78, 5) is 4.03. The van der Waals surface area contributed by atoms with Crippen LogP contribution in [0.25, 0.3) is 0 Å². The predicted molar refractivity (Wildman–Crippen MR) is 70.0 cm³/mol. The van der Waals surface area contributed by atoms with Crippen LogP contribution in [0.1, 0.15) is 19.8 Å². The zero-order chi connectivity index (χ0) is 12.0. The number of rotatable bonds is 4. The molecule has 3 heteroatoms. The van der Waals surface area contributed by atoms with Gasteiger partial charge in [-0.25, -0.2) is 0 Å². The quantitative estimate of drug-likeness (QED) is 0.431. The lowest BCUT2D eigenvalue weighted by atomic mass is 10.0. The van der Waals surface area contributed by atoms with E-state index < -0.39 is 0 Å². The van der Waals surface area contributed by atoms with E-state index >= 15 is 0 Å². The highest BCUT2D eigenvalue weighted by molar-refractivity contribution is 5.98. The third kappa shape index (κ3) is 3.12. The lowest BCUT2D eigenvalue weighted by Crippen LogP contribution is -2.22. The molecule has 1 rings (SSSR count). The van der Waals surface area contributed by atoms with E-state index in [0.29, 0.717) is 5.84 Å². The zero-order valence-corrected chi connectivity index (χ0v) is 9.96. The molecule has 0 fully saturated rings. The SMILES string of the molecule is C=C(/C=C/C)NC1=C(C(N)=NC)CCC=C1. The maximum atomic E-state index is 5.86. The molecule has 1 aliphatic rings.